The molecule has 0 saturated carbocycles. The number of carbonyl (C=O) groups is 1. The highest BCUT2D eigenvalue weighted by atomic mass is 16.2. The SMILES string of the molecule is O=C(c1cccnc1)N1CCC(c2nc3ccc(-c4ccncc4)cn3n2)CC1. The van der Waals surface area contributed by atoms with Gasteiger partial charge in [0.25, 0.3) is 5.91 Å². The van der Waals surface area contributed by atoms with E-state index >= 15 is 0 Å². The number of fused-ring (bicyclic) bond motifs is 1. The van der Waals surface area contributed by atoms with Gasteiger partial charge >= 0.3 is 0 Å². The van der Waals surface area contributed by atoms with Crippen molar-refractivity contribution >= 4 is 11.6 Å². The summed E-state index contributed by atoms with van der Waals surface area (Å²) in [6.45, 7) is 1.41. The van der Waals surface area contributed by atoms with E-state index in [1.54, 1.807) is 30.9 Å². The highest BCUT2D eigenvalue weighted by Gasteiger charge is 2.27. The van der Waals surface area contributed by atoms with Gasteiger partial charge in [-0.1, -0.05) is 0 Å². The van der Waals surface area contributed by atoms with E-state index in [1.807, 2.05) is 39.9 Å². The first-order valence-electron chi connectivity index (χ1n) is 9.74. The summed E-state index contributed by atoms with van der Waals surface area (Å²) in [6, 6.07) is 11.6. The summed E-state index contributed by atoms with van der Waals surface area (Å²) in [5.74, 6) is 1.16. The number of pyridine rings is 3. The Labute approximate surface area is 168 Å². The number of amides is 1. The first-order chi connectivity index (χ1) is 14.3. The summed E-state index contributed by atoms with van der Waals surface area (Å²) in [7, 11) is 0. The van der Waals surface area contributed by atoms with Crippen LogP contribution in [0, 0.1) is 0 Å². The van der Waals surface area contributed by atoms with Crippen LogP contribution in [-0.2, 0) is 0 Å². The normalized spacial score (nSPS) is 15.0. The summed E-state index contributed by atoms with van der Waals surface area (Å²) in [5.41, 5.74) is 3.65. The van der Waals surface area contributed by atoms with Crippen molar-refractivity contribution in [1.29, 1.82) is 0 Å². The van der Waals surface area contributed by atoms with Gasteiger partial charge in [0.2, 0.25) is 0 Å². The van der Waals surface area contributed by atoms with Gasteiger partial charge in [0.05, 0.1) is 5.56 Å². The number of rotatable bonds is 3. The minimum absolute atomic E-state index is 0.0431. The zero-order valence-corrected chi connectivity index (χ0v) is 15.8. The monoisotopic (exact) mass is 384 g/mol. The van der Waals surface area contributed by atoms with Crippen LogP contribution in [0.1, 0.15) is 34.9 Å². The van der Waals surface area contributed by atoms with Gasteiger partial charge in [-0.25, -0.2) is 9.50 Å². The van der Waals surface area contributed by atoms with Crippen molar-refractivity contribution in [3.05, 3.63) is 78.8 Å². The number of aromatic nitrogens is 5. The van der Waals surface area contributed by atoms with Crippen molar-refractivity contribution in [3.63, 3.8) is 0 Å². The molecule has 4 aromatic rings. The molecule has 0 aromatic carbocycles. The fourth-order valence-corrected chi connectivity index (χ4v) is 3.80. The number of likely N-dealkylation sites (tertiary alicyclic amines) is 1. The fourth-order valence-electron chi connectivity index (χ4n) is 3.80. The molecule has 0 atom stereocenters. The molecule has 0 spiro atoms. The van der Waals surface area contributed by atoms with Crippen molar-refractivity contribution in [2.75, 3.05) is 13.1 Å². The first-order valence-corrected chi connectivity index (χ1v) is 9.74. The van der Waals surface area contributed by atoms with Crippen LogP contribution >= 0.6 is 0 Å². The van der Waals surface area contributed by atoms with Gasteiger partial charge in [0.15, 0.2) is 11.5 Å². The highest BCUT2D eigenvalue weighted by molar-refractivity contribution is 5.93. The topological polar surface area (TPSA) is 76.3 Å². The quantitative estimate of drug-likeness (QED) is 0.542. The minimum Gasteiger partial charge on any atom is -0.339 e. The molecule has 5 rings (SSSR count). The molecule has 0 radical (unpaired) electrons. The maximum Gasteiger partial charge on any atom is 0.255 e. The van der Waals surface area contributed by atoms with E-state index in [4.69, 9.17) is 10.1 Å². The Balaban J connectivity index is 1.31. The van der Waals surface area contributed by atoms with E-state index in [-0.39, 0.29) is 11.8 Å². The lowest BCUT2D eigenvalue weighted by atomic mass is 9.96. The van der Waals surface area contributed by atoms with Crippen molar-refractivity contribution in [3.8, 4) is 11.1 Å². The Hall–Kier alpha value is -3.61. The van der Waals surface area contributed by atoms with Gasteiger partial charge in [0, 0.05) is 55.6 Å². The molecule has 0 bridgehead atoms. The molecule has 7 nitrogen and oxygen atoms in total. The van der Waals surface area contributed by atoms with Crippen LogP contribution in [0.5, 0.6) is 0 Å². The predicted octanol–water partition coefficient (Wildman–Crippen LogP) is 3.21. The second kappa shape index (κ2) is 7.43. The number of hydrogen-bond donors (Lipinski definition) is 0. The minimum atomic E-state index is 0.0431. The lowest BCUT2D eigenvalue weighted by Crippen LogP contribution is -2.38. The Morgan fingerprint density at radius 1 is 0.931 bits per heavy atom. The molecule has 29 heavy (non-hydrogen) atoms. The summed E-state index contributed by atoms with van der Waals surface area (Å²) < 4.78 is 1.85. The molecule has 144 valence electrons. The van der Waals surface area contributed by atoms with Crippen molar-refractivity contribution in [1.82, 2.24) is 29.5 Å². The van der Waals surface area contributed by atoms with Gasteiger partial charge in [0.1, 0.15) is 0 Å². The van der Waals surface area contributed by atoms with Crippen LogP contribution in [0.25, 0.3) is 16.8 Å². The Morgan fingerprint density at radius 3 is 2.52 bits per heavy atom. The second-order valence-electron chi connectivity index (χ2n) is 7.23. The van der Waals surface area contributed by atoms with Crippen LogP contribution in [0.4, 0.5) is 0 Å². The average molecular weight is 384 g/mol. The molecule has 1 aliphatic heterocycles. The van der Waals surface area contributed by atoms with Crippen LogP contribution < -0.4 is 0 Å². The number of nitrogens with zero attached hydrogens (tertiary/aromatic N) is 6. The van der Waals surface area contributed by atoms with E-state index in [0.29, 0.717) is 18.7 Å². The van der Waals surface area contributed by atoms with E-state index in [0.717, 1.165) is 35.4 Å². The highest BCUT2D eigenvalue weighted by Crippen LogP contribution is 2.27. The number of carbonyl (C=O) groups excluding carboxylic acids is 1. The molecule has 7 heteroatoms. The molecule has 1 saturated heterocycles. The van der Waals surface area contributed by atoms with Gasteiger partial charge < -0.3 is 4.90 Å². The molecule has 0 N–H and O–H groups in total. The third-order valence-corrected chi connectivity index (χ3v) is 5.42. The molecule has 1 fully saturated rings. The summed E-state index contributed by atoms with van der Waals surface area (Å²) >= 11 is 0. The van der Waals surface area contributed by atoms with Crippen LogP contribution in [0.15, 0.2) is 67.4 Å². The number of piperidine rings is 1. The fraction of sp³-hybridized carbons (Fsp3) is 0.227. The van der Waals surface area contributed by atoms with E-state index < -0.39 is 0 Å². The molecule has 0 unspecified atom stereocenters. The lowest BCUT2D eigenvalue weighted by Gasteiger charge is -2.30. The molecular weight excluding hydrogens is 364 g/mol. The molecule has 1 amide bonds. The molecule has 0 aliphatic carbocycles. The average Bonchev–Trinajstić information content (AvgIpc) is 3.23. The summed E-state index contributed by atoms with van der Waals surface area (Å²) in [5, 5.41) is 4.73. The van der Waals surface area contributed by atoms with E-state index in [1.165, 1.54) is 0 Å². The number of hydrogen-bond acceptors (Lipinski definition) is 5. The summed E-state index contributed by atoms with van der Waals surface area (Å²) in [6.07, 6.45) is 10.6. The molecule has 4 aromatic heterocycles. The van der Waals surface area contributed by atoms with Crippen LogP contribution in [-0.4, -0.2) is 48.5 Å². The van der Waals surface area contributed by atoms with E-state index in [2.05, 4.69) is 16.0 Å². The maximum absolute atomic E-state index is 12.6. The third-order valence-electron chi connectivity index (χ3n) is 5.42. The Kier molecular flexibility index (Phi) is 4.48. The standard InChI is InChI=1S/C22H20N6O/c29-22(18-2-1-9-24-14-18)27-12-7-17(8-13-27)21-25-20-4-3-19(15-28(20)26-21)16-5-10-23-11-6-16/h1-6,9-11,14-15,17H,7-8,12-13H2. The Bertz CT molecular complexity index is 1130. The smallest absolute Gasteiger partial charge is 0.255 e. The molecule has 5 heterocycles. The summed E-state index contributed by atoms with van der Waals surface area (Å²) in [4.78, 5) is 27.3. The van der Waals surface area contributed by atoms with Gasteiger partial charge in [-0.3, -0.25) is 14.8 Å². The van der Waals surface area contributed by atoms with E-state index in [9.17, 15) is 4.79 Å². The van der Waals surface area contributed by atoms with Crippen molar-refractivity contribution in [2.45, 2.75) is 18.8 Å². The van der Waals surface area contributed by atoms with Gasteiger partial charge in [-0.15, -0.1) is 0 Å². The second-order valence-corrected chi connectivity index (χ2v) is 7.23. The van der Waals surface area contributed by atoms with Gasteiger partial charge in [-0.05, 0) is 54.8 Å². The zero-order chi connectivity index (χ0) is 19.6. The van der Waals surface area contributed by atoms with Gasteiger partial charge in [-0.2, -0.15) is 5.10 Å². The third kappa shape index (κ3) is 3.47. The van der Waals surface area contributed by atoms with Crippen molar-refractivity contribution in [2.24, 2.45) is 0 Å². The zero-order valence-electron chi connectivity index (χ0n) is 15.8. The molecular formula is C22H20N6O. The predicted molar refractivity (Wildman–Crippen MR) is 108 cm³/mol. The van der Waals surface area contributed by atoms with Crippen LogP contribution in [0.2, 0.25) is 0 Å². The maximum atomic E-state index is 12.6. The largest absolute Gasteiger partial charge is 0.339 e. The molecule has 1 aliphatic rings. The first kappa shape index (κ1) is 17.5. The Morgan fingerprint density at radius 2 is 1.76 bits per heavy atom. The lowest BCUT2D eigenvalue weighted by molar-refractivity contribution is 0.0710. The van der Waals surface area contributed by atoms with Crippen LogP contribution in [0.3, 0.4) is 0 Å². The van der Waals surface area contributed by atoms with Crippen molar-refractivity contribution < 1.29 is 4.79 Å².